The van der Waals surface area contributed by atoms with Crippen molar-refractivity contribution in [3.05, 3.63) is 11.6 Å². The van der Waals surface area contributed by atoms with E-state index in [0.717, 1.165) is 25.9 Å². The van der Waals surface area contributed by atoms with Crippen LogP contribution in [0, 0.1) is 0 Å². The lowest BCUT2D eigenvalue weighted by Crippen LogP contribution is -2.23. The van der Waals surface area contributed by atoms with Gasteiger partial charge in [-0.2, -0.15) is 13.2 Å². The molecule has 0 amide bonds. The number of alkyl halides is 3. The minimum atomic E-state index is -5.08. The number of aliphatic carboxylic acids is 1. The molecule has 0 radical (unpaired) electrons. The summed E-state index contributed by atoms with van der Waals surface area (Å²) in [4.78, 5) is 8.90. The van der Waals surface area contributed by atoms with E-state index in [1.807, 2.05) is 6.08 Å². The van der Waals surface area contributed by atoms with Gasteiger partial charge in [-0.05, 0) is 25.9 Å². The maximum Gasteiger partial charge on any atom is 0.490 e. The Morgan fingerprint density at radius 1 is 1.38 bits per heavy atom. The van der Waals surface area contributed by atoms with Crippen LogP contribution in [0.2, 0.25) is 0 Å². The van der Waals surface area contributed by atoms with Gasteiger partial charge in [-0.15, -0.1) is 0 Å². The molecule has 0 bridgehead atoms. The number of nitrogens with one attached hydrogen (secondary N) is 1. The van der Waals surface area contributed by atoms with Crippen LogP contribution in [0.4, 0.5) is 13.2 Å². The molecule has 0 saturated carbocycles. The fraction of sp³-hybridized carbons (Fsp3) is 0.667. The Kier molecular flexibility index (Phi) is 6.75. The summed E-state index contributed by atoms with van der Waals surface area (Å²) < 4.78 is 31.7. The van der Waals surface area contributed by atoms with Gasteiger partial charge in [0.1, 0.15) is 0 Å². The van der Waals surface area contributed by atoms with E-state index in [2.05, 4.69) is 5.32 Å². The normalized spacial score (nSPS) is 16.1. The number of piperidine rings is 1. The van der Waals surface area contributed by atoms with Crippen molar-refractivity contribution < 1.29 is 28.2 Å². The first kappa shape index (κ1) is 14.9. The number of carbonyl (C=O) groups is 1. The molecule has 94 valence electrons. The van der Waals surface area contributed by atoms with E-state index in [1.54, 1.807) is 0 Å². The van der Waals surface area contributed by atoms with E-state index in [0.29, 0.717) is 0 Å². The maximum absolute atomic E-state index is 10.6. The fourth-order valence-electron chi connectivity index (χ4n) is 1.08. The highest BCUT2D eigenvalue weighted by Crippen LogP contribution is 2.13. The number of aliphatic hydroxyl groups excluding tert-OH is 1. The molecule has 1 aliphatic rings. The molecule has 7 heteroatoms. The van der Waals surface area contributed by atoms with Gasteiger partial charge in [0, 0.05) is 0 Å². The van der Waals surface area contributed by atoms with Gasteiger partial charge in [0.15, 0.2) is 0 Å². The van der Waals surface area contributed by atoms with Crippen LogP contribution in [0.1, 0.15) is 12.8 Å². The molecule has 1 saturated heterocycles. The van der Waals surface area contributed by atoms with Crippen LogP contribution in [-0.2, 0) is 4.79 Å². The number of rotatable bonds is 1. The van der Waals surface area contributed by atoms with Crippen molar-refractivity contribution in [2.75, 3.05) is 19.7 Å². The van der Waals surface area contributed by atoms with Crippen molar-refractivity contribution in [1.82, 2.24) is 5.32 Å². The monoisotopic (exact) mass is 241 g/mol. The van der Waals surface area contributed by atoms with Crippen molar-refractivity contribution in [1.29, 1.82) is 0 Å². The molecule has 3 N–H and O–H groups in total. The molecule has 1 heterocycles. The molecule has 0 atom stereocenters. The zero-order valence-electron chi connectivity index (χ0n) is 8.55. The van der Waals surface area contributed by atoms with Gasteiger partial charge in [-0.1, -0.05) is 11.6 Å². The summed E-state index contributed by atoms with van der Waals surface area (Å²) in [6.07, 6.45) is -0.943. The summed E-state index contributed by atoms with van der Waals surface area (Å²) >= 11 is 0. The Hall–Kier alpha value is -1.08. The zero-order chi connectivity index (χ0) is 12.6. The summed E-state index contributed by atoms with van der Waals surface area (Å²) in [6.45, 7) is 2.35. The average Bonchev–Trinajstić information content (AvgIpc) is 2.19. The predicted octanol–water partition coefficient (Wildman–Crippen LogP) is 0.922. The van der Waals surface area contributed by atoms with E-state index in [1.165, 1.54) is 5.57 Å². The van der Waals surface area contributed by atoms with Crippen LogP contribution < -0.4 is 5.32 Å². The third kappa shape index (κ3) is 7.24. The lowest BCUT2D eigenvalue weighted by molar-refractivity contribution is -0.192. The first-order valence-corrected chi connectivity index (χ1v) is 4.67. The molecule has 0 aliphatic carbocycles. The minimum Gasteiger partial charge on any atom is -0.475 e. The van der Waals surface area contributed by atoms with Gasteiger partial charge in [-0.25, -0.2) is 4.79 Å². The van der Waals surface area contributed by atoms with E-state index in [-0.39, 0.29) is 6.61 Å². The van der Waals surface area contributed by atoms with E-state index < -0.39 is 12.1 Å². The van der Waals surface area contributed by atoms with Gasteiger partial charge in [0.2, 0.25) is 0 Å². The highest BCUT2D eigenvalue weighted by Gasteiger charge is 2.38. The second-order valence-corrected chi connectivity index (χ2v) is 3.10. The highest BCUT2D eigenvalue weighted by atomic mass is 19.4. The van der Waals surface area contributed by atoms with Crippen molar-refractivity contribution in [3.63, 3.8) is 0 Å². The molecule has 0 unspecified atom stereocenters. The highest BCUT2D eigenvalue weighted by molar-refractivity contribution is 5.73. The van der Waals surface area contributed by atoms with Crippen molar-refractivity contribution in [3.8, 4) is 0 Å². The molecule has 0 aromatic carbocycles. The van der Waals surface area contributed by atoms with Gasteiger partial charge in [0.05, 0.1) is 6.61 Å². The van der Waals surface area contributed by atoms with Crippen LogP contribution in [0.25, 0.3) is 0 Å². The first-order chi connectivity index (χ1) is 7.38. The number of aliphatic hydroxyl groups is 1. The quantitative estimate of drug-likeness (QED) is 0.597. The van der Waals surface area contributed by atoms with Crippen LogP contribution in [0.15, 0.2) is 11.6 Å². The molecule has 0 aromatic heterocycles. The molecule has 0 spiro atoms. The van der Waals surface area contributed by atoms with Crippen molar-refractivity contribution in [2.24, 2.45) is 0 Å². The van der Waals surface area contributed by atoms with E-state index in [9.17, 15) is 13.2 Å². The standard InChI is InChI=1S/C7H13NO.C2HF3O2/c9-6-3-7-1-4-8-5-2-7;3-2(4,5)1(6)7/h3,8-9H,1-2,4-6H2;(H,6,7). The number of halogens is 3. The second kappa shape index (κ2) is 7.24. The van der Waals surface area contributed by atoms with E-state index >= 15 is 0 Å². The summed E-state index contributed by atoms with van der Waals surface area (Å²) in [7, 11) is 0. The lowest BCUT2D eigenvalue weighted by Gasteiger charge is -2.14. The Labute approximate surface area is 90.8 Å². The second-order valence-electron chi connectivity index (χ2n) is 3.10. The summed E-state index contributed by atoms with van der Waals surface area (Å²) in [5, 5.41) is 18.9. The van der Waals surface area contributed by atoms with Gasteiger partial charge in [0.25, 0.3) is 0 Å². The number of carboxylic acid groups (broad SMARTS) is 1. The third-order valence-electron chi connectivity index (χ3n) is 1.87. The summed E-state index contributed by atoms with van der Waals surface area (Å²) in [5.74, 6) is -2.76. The van der Waals surface area contributed by atoms with Gasteiger partial charge >= 0.3 is 12.1 Å². The Balaban J connectivity index is 0.000000293. The smallest absolute Gasteiger partial charge is 0.475 e. The van der Waals surface area contributed by atoms with Gasteiger partial charge in [-0.3, -0.25) is 0 Å². The molecule has 1 fully saturated rings. The number of hydrogen-bond donors (Lipinski definition) is 3. The molecular formula is C9H14F3NO3. The maximum atomic E-state index is 10.6. The van der Waals surface area contributed by atoms with Crippen LogP contribution in [0.5, 0.6) is 0 Å². The SMILES string of the molecule is O=C(O)C(F)(F)F.OCC=C1CCNCC1. The molecule has 1 rings (SSSR count). The van der Waals surface area contributed by atoms with Crippen molar-refractivity contribution in [2.45, 2.75) is 19.0 Å². The number of hydrogen-bond acceptors (Lipinski definition) is 3. The molecular weight excluding hydrogens is 227 g/mol. The van der Waals surface area contributed by atoms with Crippen LogP contribution in [-0.4, -0.2) is 42.1 Å². The predicted molar refractivity (Wildman–Crippen MR) is 51.0 cm³/mol. The van der Waals surface area contributed by atoms with E-state index in [4.69, 9.17) is 15.0 Å². The summed E-state index contributed by atoms with van der Waals surface area (Å²) in [5.41, 5.74) is 1.40. The zero-order valence-corrected chi connectivity index (χ0v) is 8.55. The summed E-state index contributed by atoms with van der Waals surface area (Å²) in [6, 6.07) is 0. The average molecular weight is 241 g/mol. The number of carboxylic acids is 1. The molecule has 0 aromatic rings. The molecule has 4 nitrogen and oxygen atoms in total. The first-order valence-electron chi connectivity index (χ1n) is 4.67. The third-order valence-corrected chi connectivity index (χ3v) is 1.87. The van der Waals surface area contributed by atoms with Crippen molar-refractivity contribution >= 4 is 5.97 Å². The minimum absolute atomic E-state index is 0.204. The largest absolute Gasteiger partial charge is 0.490 e. The van der Waals surface area contributed by atoms with Gasteiger partial charge < -0.3 is 15.5 Å². The van der Waals surface area contributed by atoms with Crippen LogP contribution in [0.3, 0.4) is 0 Å². The topological polar surface area (TPSA) is 69.6 Å². The Morgan fingerprint density at radius 3 is 2.12 bits per heavy atom. The Morgan fingerprint density at radius 2 is 1.81 bits per heavy atom. The molecule has 16 heavy (non-hydrogen) atoms. The fourth-order valence-corrected chi connectivity index (χ4v) is 1.08. The molecule has 1 aliphatic heterocycles. The Bertz CT molecular complexity index is 243. The van der Waals surface area contributed by atoms with Crippen LogP contribution >= 0.6 is 0 Å². The lowest BCUT2D eigenvalue weighted by atomic mass is 10.1.